The van der Waals surface area contributed by atoms with Gasteiger partial charge in [0.15, 0.2) is 5.11 Å². The fourth-order valence-electron chi connectivity index (χ4n) is 3.39. The molecule has 3 aromatic rings. The predicted octanol–water partition coefficient (Wildman–Crippen LogP) is 5.16. The molecule has 10 heteroatoms. The smallest absolute Gasteiger partial charge is 0.243 e. The minimum absolute atomic E-state index is 0.327. The van der Waals surface area contributed by atoms with Gasteiger partial charge in [-0.25, -0.2) is 13.4 Å². The third-order valence-corrected chi connectivity index (χ3v) is 8.56. The number of nitrogens with one attached hydrogen (secondary N) is 2. The lowest BCUT2D eigenvalue weighted by Gasteiger charge is -2.16. The highest BCUT2D eigenvalue weighted by Crippen LogP contribution is 2.32. The zero-order valence-electron chi connectivity index (χ0n) is 17.7. The molecule has 0 saturated carbocycles. The minimum atomic E-state index is -3.40. The topological polar surface area (TPSA) is 74.3 Å². The molecule has 0 spiro atoms. The summed E-state index contributed by atoms with van der Waals surface area (Å²) in [6, 6.07) is 18.3. The van der Waals surface area contributed by atoms with E-state index in [1.807, 2.05) is 48.5 Å². The van der Waals surface area contributed by atoms with E-state index in [1.54, 1.807) is 22.6 Å². The van der Waals surface area contributed by atoms with Gasteiger partial charge in [-0.05, 0) is 79.2 Å². The molecule has 0 bridgehead atoms. The van der Waals surface area contributed by atoms with Gasteiger partial charge in [-0.1, -0.05) is 35.5 Å². The molecular formula is C23H23ClN4O2S3. The predicted molar refractivity (Wildman–Crippen MR) is 137 cm³/mol. The molecule has 1 saturated heterocycles. The second-order valence-corrected chi connectivity index (χ2v) is 11.3. The number of anilines is 1. The van der Waals surface area contributed by atoms with E-state index < -0.39 is 10.0 Å². The maximum atomic E-state index is 12.7. The molecule has 0 amide bonds. The van der Waals surface area contributed by atoms with Crippen molar-refractivity contribution < 1.29 is 8.42 Å². The number of benzene rings is 2. The zero-order chi connectivity index (χ0) is 23.3. The molecule has 6 nitrogen and oxygen atoms in total. The lowest BCUT2D eigenvalue weighted by atomic mass is 10.2. The Hall–Kier alpha value is -2.17. The molecule has 2 aromatic carbocycles. The Morgan fingerprint density at radius 2 is 1.76 bits per heavy atom. The van der Waals surface area contributed by atoms with Gasteiger partial charge in [0.05, 0.1) is 10.6 Å². The fourth-order valence-corrected chi connectivity index (χ4v) is 6.05. The molecule has 1 aliphatic heterocycles. The Balaban J connectivity index is 1.35. The van der Waals surface area contributed by atoms with Gasteiger partial charge in [0.25, 0.3) is 0 Å². The SMILES string of the molecule is O=S(=O)(c1ccc(CNC(=S)Nc2cccnc2Sc2ccc(Cl)cc2)cc1)N1CCCC1. The molecule has 1 fully saturated rings. The van der Waals surface area contributed by atoms with Crippen molar-refractivity contribution >= 4 is 56.4 Å². The third-order valence-electron chi connectivity index (χ3n) is 5.13. The summed E-state index contributed by atoms with van der Waals surface area (Å²) in [5, 5.41) is 8.29. The number of hydrogen-bond donors (Lipinski definition) is 2. The van der Waals surface area contributed by atoms with Crippen LogP contribution in [0.15, 0.2) is 81.7 Å². The van der Waals surface area contributed by atoms with Gasteiger partial charge in [-0.2, -0.15) is 4.31 Å². The summed E-state index contributed by atoms with van der Waals surface area (Å²) in [5.41, 5.74) is 1.73. The van der Waals surface area contributed by atoms with Crippen molar-refractivity contribution in [3.8, 4) is 0 Å². The third kappa shape index (κ3) is 6.24. The van der Waals surface area contributed by atoms with Crippen LogP contribution in [0, 0.1) is 0 Å². The normalized spacial score (nSPS) is 14.2. The lowest BCUT2D eigenvalue weighted by molar-refractivity contribution is 0.477. The molecule has 1 aliphatic rings. The van der Waals surface area contributed by atoms with Crippen LogP contribution in [0.4, 0.5) is 5.69 Å². The molecule has 33 heavy (non-hydrogen) atoms. The molecule has 2 N–H and O–H groups in total. The van der Waals surface area contributed by atoms with Gasteiger partial charge in [-0.3, -0.25) is 0 Å². The Morgan fingerprint density at radius 3 is 2.45 bits per heavy atom. The monoisotopic (exact) mass is 518 g/mol. The average molecular weight is 519 g/mol. The summed E-state index contributed by atoms with van der Waals surface area (Å²) in [4.78, 5) is 5.80. The summed E-state index contributed by atoms with van der Waals surface area (Å²) in [5.74, 6) is 0. The highest BCUT2D eigenvalue weighted by Gasteiger charge is 2.26. The Labute approximate surface area is 208 Å². The largest absolute Gasteiger partial charge is 0.358 e. The molecule has 172 valence electrons. The van der Waals surface area contributed by atoms with E-state index in [2.05, 4.69) is 15.6 Å². The van der Waals surface area contributed by atoms with Crippen molar-refractivity contribution in [3.63, 3.8) is 0 Å². The van der Waals surface area contributed by atoms with Crippen LogP contribution in [-0.2, 0) is 16.6 Å². The summed E-state index contributed by atoms with van der Waals surface area (Å²) in [6.45, 7) is 1.66. The van der Waals surface area contributed by atoms with Crippen LogP contribution in [0.5, 0.6) is 0 Å². The minimum Gasteiger partial charge on any atom is -0.358 e. The quantitative estimate of drug-likeness (QED) is 0.418. The maximum Gasteiger partial charge on any atom is 0.243 e. The van der Waals surface area contributed by atoms with Crippen LogP contribution in [0.25, 0.3) is 0 Å². The summed E-state index contributed by atoms with van der Waals surface area (Å²) < 4.78 is 26.9. The molecule has 4 rings (SSSR count). The van der Waals surface area contributed by atoms with Crippen molar-refractivity contribution in [3.05, 3.63) is 77.4 Å². The Morgan fingerprint density at radius 1 is 1.06 bits per heavy atom. The lowest BCUT2D eigenvalue weighted by Crippen LogP contribution is -2.29. The first kappa shape index (κ1) is 24.0. The number of pyridine rings is 1. The van der Waals surface area contributed by atoms with Crippen LogP contribution in [0.1, 0.15) is 18.4 Å². The van der Waals surface area contributed by atoms with E-state index in [1.165, 1.54) is 11.8 Å². The van der Waals surface area contributed by atoms with Crippen LogP contribution in [0.2, 0.25) is 5.02 Å². The van der Waals surface area contributed by atoms with Crippen LogP contribution < -0.4 is 10.6 Å². The highest BCUT2D eigenvalue weighted by atomic mass is 35.5. The van der Waals surface area contributed by atoms with Crippen molar-refractivity contribution in [1.82, 2.24) is 14.6 Å². The summed E-state index contributed by atoms with van der Waals surface area (Å²) in [6.07, 6.45) is 3.57. The van der Waals surface area contributed by atoms with E-state index in [4.69, 9.17) is 23.8 Å². The van der Waals surface area contributed by atoms with Gasteiger partial charge < -0.3 is 10.6 Å². The molecule has 0 aliphatic carbocycles. The number of halogens is 1. The van der Waals surface area contributed by atoms with Gasteiger partial charge in [0.1, 0.15) is 5.03 Å². The molecular weight excluding hydrogens is 496 g/mol. The number of hydrogen-bond acceptors (Lipinski definition) is 5. The molecule has 2 heterocycles. The number of nitrogens with zero attached hydrogens (tertiary/aromatic N) is 2. The average Bonchev–Trinajstić information content (AvgIpc) is 3.37. The number of thiocarbonyl (C=S) groups is 1. The highest BCUT2D eigenvalue weighted by molar-refractivity contribution is 7.99. The van der Waals surface area contributed by atoms with E-state index in [9.17, 15) is 8.42 Å². The zero-order valence-corrected chi connectivity index (χ0v) is 20.9. The number of rotatable bonds is 7. The first-order valence-electron chi connectivity index (χ1n) is 10.4. The molecule has 0 atom stereocenters. The van der Waals surface area contributed by atoms with Gasteiger partial charge in [-0.15, -0.1) is 0 Å². The molecule has 0 unspecified atom stereocenters. The van der Waals surface area contributed by atoms with E-state index in [0.29, 0.717) is 34.7 Å². The standard InChI is InChI=1S/C23H23ClN4O2S3/c24-18-7-9-19(10-8-18)32-22-21(4-3-13-25-22)27-23(31)26-16-17-5-11-20(12-6-17)33(29,30)28-14-1-2-15-28/h3-13H,1-2,14-16H2,(H2,26,27,31). The first-order valence-corrected chi connectivity index (χ1v) is 13.5. The van der Waals surface area contributed by atoms with Crippen LogP contribution in [-0.4, -0.2) is 35.9 Å². The summed E-state index contributed by atoms with van der Waals surface area (Å²) in [7, 11) is -3.40. The summed E-state index contributed by atoms with van der Waals surface area (Å²) >= 11 is 12.9. The second kappa shape index (κ2) is 10.8. The van der Waals surface area contributed by atoms with Crippen LogP contribution >= 0.6 is 35.6 Å². The van der Waals surface area contributed by atoms with Crippen molar-refractivity contribution in [1.29, 1.82) is 0 Å². The number of sulfonamides is 1. The molecule has 1 aromatic heterocycles. The van der Waals surface area contributed by atoms with Crippen molar-refractivity contribution in [2.24, 2.45) is 0 Å². The van der Waals surface area contributed by atoms with E-state index in [0.717, 1.165) is 34.0 Å². The second-order valence-electron chi connectivity index (χ2n) is 7.47. The van der Waals surface area contributed by atoms with Crippen molar-refractivity contribution in [2.45, 2.75) is 34.2 Å². The fraction of sp³-hybridized carbons (Fsp3) is 0.217. The van der Waals surface area contributed by atoms with Gasteiger partial charge in [0.2, 0.25) is 10.0 Å². The Kier molecular flexibility index (Phi) is 7.87. The van der Waals surface area contributed by atoms with Gasteiger partial charge in [0, 0.05) is 35.7 Å². The first-order chi connectivity index (χ1) is 15.9. The van der Waals surface area contributed by atoms with Crippen molar-refractivity contribution in [2.75, 3.05) is 18.4 Å². The maximum absolute atomic E-state index is 12.7. The number of aromatic nitrogens is 1. The molecule has 0 radical (unpaired) electrons. The van der Waals surface area contributed by atoms with Crippen LogP contribution in [0.3, 0.4) is 0 Å². The van der Waals surface area contributed by atoms with Gasteiger partial charge >= 0.3 is 0 Å². The van der Waals surface area contributed by atoms with E-state index >= 15 is 0 Å². The Bertz CT molecular complexity index is 1210. The van der Waals surface area contributed by atoms with E-state index in [-0.39, 0.29) is 0 Å².